The Labute approximate surface area is 126 Å². The van der Waals surface area contributed by atoms with Gasteiger partial charge in [-0.2, -0.15) is 0 Å². The van der Waals surface area contributed by atoms with Gasteiger partial charge in [-0.3, -0.25) is 9.97 Å². The highest BCUT2D eigenvalue weighted by molar-refractivity contribution is 7.19. The molecule has 3 heterocycles. The Bertz CT molecular complexity index is 767. The van der Waals surface area contributed by atoms with E-state index in [2.05, 4.69) is 15.1 Å². The Balaban J connectivity index is 2.21. The summed E-state index contributed by atoms with van der Waals surface area (Å²) >= 11 is 1.67. The van der Waals surface area contributed by atoms with E-state index in [0.717, 1.165) is 32.0 Å². The summed E-state index contributed by atoms with van der Waals surface area (Å²) in [5, 5.41) is 12.2. The van der Waals surface area contributed by atoms with Gasteiger partial charge in [0.15, 0.2) is 0 Å². The van der Waals surface area contributed by atoms with Crippen LogP contribution in [0.25, 0.3) is 20.9 Å². The molecule has 0 aliphatic carbocycles. The molecule has 0 aliphatic heterocycles. The lowest BCUT2D eigenvalue weighted by Gasteiger charge is -1.99. The summed E-state index contributed by atoms with van der Waals surface area (Å²) in [7, 11) is 0. The number of thiophene rings is 1. The largest absolute Gasteiger partial charge is 0.411 e. The highest BCUT2D eigenvalue weighted by Crippen LogP contribution is 2.40. The molecule has 21 heavy (non-hydrogen) atoms. The van der Waals surface area contributed by atoms with E-state index < -0.39 is 0 Å². The van der Waals surface area contributed by atoms with Crippen LogP contribution < -0.4 is 0 Å². The van der Waals surface area contributed by atoms with Gasteiger partial charge >= 0.3 is 0 Å². The van der Waals surface area contributed by atoms with Gasteiger partial charge in [0.05, 0.1) is 6.21 Å². The van der Waals surface area contributed by atoms with Gasteiger partial charge in [-0.15, -0.1) is 11.3 Å². The number of aromatic nitrogens is 2. The van der Waals surface area contributed by atoms with Crippen molar-refractivity contribution in [2.75, 3.05) is 0 Å². The highest BCUT2D eigenvalue weighted by Gasteiger charge is 2.16. The van der Waals surface area contributed by atoms with Gasteiger partial charge in [-0.25, -0.2) is 0 Å². The zero-order valence-corrected chi connectivity index (χ0v) is 12.2. The minimum absolute atomic E-state index is 0.931. The molecule has 3 aromatic heterocycles. The molecule has 0 radical (unpaired) electrons. The first-order valence-corrected chi connectivity index (χ1v) is 7.24. The molecule has 0 atom stereocenters. The van der Waals surface area contributed by atoms with Crippen LogP contribution in [0.2, 0.25) is 0 Å². The van der Waals surface area contributed by atoms with Gasteiger partial charge in [0.1, 0.15) is 0 Å². The third kappa shape index (κ3) is 2.55. The Kier molecular flexibility index (Phi) is 3.75. The SMILES string of the molecule is Cc1c(-c2ccncc2)sc(-c2ccncc2)c1/C=N/O. The smallest absolute Gasteiger partial charge is 0.0751 e. The van der Waals surface area contributed by atoms with E-state index >= 15 is 0 Å². The summed E-state index contributed by atoms with van der Waals surface area (Å²) in [6.45, 7) is 2.04. The quantitative estimate of drug-likeness (QED) is 0.451. The molecule has 0 unspecified atom stereocenters. The molecule has 0 spiro atoms. The van der Waals surface area contributed by atoms with Crippen LogP contribution in [-0.4, -0.2) is 21.4 Å². The maximum Gasteiger partial charge on any atom is 0.0751 e. The lowest BCUT2D eigenvalue weighted by Crippen LogP contribution is -1.86. The van der Waals surface area contributed by atoms with Crippen LogP contribution >= 0.6 is 11.3 Å². The van der Waals surface area contributed by atoms with Crippen LogP contribution in [0.15, 0.2) is 54.2 Å². The number of rotatable bonds is 3. The average Bonchev–Trinajstić information content (AvgIpc) is 2.87. The molecule has 0 saturated carbocycles. The second kappa shape index (κ2) is 5.85. The first-order valence-electron chi connectivity index (χ1n) is 6.43. The Hall–Kier alpha value is -2.53. The van der Waals surface area contributed by atoms with Crippen LogP contribution in [0.5, 0.6) is 0 Å². The summed E-state index contributed by atoms with van der Waals surface area (Å²) in [5.41, 5.74) is 4.20. The maximum absolute atomic E-state index is 8.95. The van der Waals surface area contributed by atoms with Crippen molar-refractivity contribution in [3.8, 4) is 20.9 Å². The van der Waals surface area contributed by atoms with Crippen molar-refractivity contribution in [3.05, 3.63) is 60.2 Å². The van der Waals surface area contributed by atoms with Gasteiger partial charge in [-0.1, -0.05) is 5.16 Å². The first kappa shape index (κ1) is 13.5. The zero-order valence-electron chi connectivity index (χ0n) is 11.4. The monoisotopic (exact) mass is 295 g/mol. The van der Waals surface area contributed by atoms with E-state index in [1.807, 2.05) is 31.2 Å². The number of oxime groups is 1. The molecule has 0 aliphatic rings. The van der Waals surface area contributed by atoms with E-state index in [0.29, 0.717) is 0 Å². The van der Waals surface area contributed by atoms with Crippen molar-refractivity contribution in [3.63, 3.8) is 0 Å². The van der Waals surface area contributed by atoms with E-state index in [-0.39, 0.29) is 0 Å². The fourth-order valence-electron chi connectivity index (χ4n) is 2.24. The molecular weight excluding hydrogens is 282 g/mol. The molecular formula is C16H13N3OS. The van der Waals surface area contributed by atoms with Gasteiger partial charge < -0.3 is 5.21 Å². The van der Waals surface area contributed by atoms with Crippen LogP contribution in [0.4, 0.5) is 0 Å². The van der Waals surface area contributed by atoms with Crippen LogP contribution in [0.1, 0.15) is 11.1 Å². The fourth-order valence-corrected chi connectivity index (χ4v) is 3.53. The Morgan fingerprint density at radius 3 is 2.00 bits per heavy atom. The molecule has 4 nitrogen and oxygen atoms in total. The van der Waals surface area contributed by atoms with Crippen LogP contribution in [0, 0.1) is 6.92 Å². The third-order valence-corrected chi connectivity index (χ3v) is 4.67. The van der Waals surface area contributed by atoms with E-state index in [4.69, 9.17) is 5.21 Å². The molecule has 3 rings (SSSR count). The second-order valence-corrected chi connectivity index (χ2v) is 5.54. The number of nitrogens with zero attached hydrogens (tertiary/aromatic N) is 3. The molecule has 3 aromatic rings. The first-order chi connectivity index (χ1) is 10.3. The van der Waals surface area contributed by atoms with Crippen molar-refractivity contribution in [2.24, 2.45) is 5.16 Å². The predicted molar refractivity (Wildman–Crippen MR) is 84.9 cm³/mol. The summed E-state index contributed by atoms with van der Waals surface area (Å²) in [5.74, 6) is 0. The fraction of sp³-hybridized carbons (Fsp3) is 0.0625. The average molecular weight is 295 g/mol. The summed E-state index contributed by atoms with van der Waals surface area (Å²) < 4.78 is 0. The van der Waals surface area contributed by atoms with E-state index in [1.165, 1.54) is 6.21 Å². The maximum atomic E-state index is 8.95. The van der Waals surface area contributed by atoms with Crippen molar-refractivity contribution < 1.29 is 5.21 Å². The molecule has 0 fully saturated rings. The topological polar surface area (TPSA) is 58.4 Å². The molecule has 0 bridgehead atoms. The van der Waals surface area contributed by atoms with E-state index in [1.54, 1.807) is 36.1 Å². The number of pyridine rings is 2. The second-order valence-electron chi connectivity index (χ2n) is 4.52. The van der Waals surface area contributed by atoms with Crippen LogP contribution in [-0.2, 0) is 0 Å². The summed E-state index contributed by atoms with van der Waals surface area (Å²) in [4.78, 5) is 10.3. The molecule has 0 saturated heterocycles. The van der Waals surface area contributed by atoms with Gasteiger partial charge in [0.2, 0.25) is 0 Å². The number of hydrogen-bond acceptors (Lipinski definition) is 5. The highest BCUT2D eigenvalue weighted by atomic mass is 32.1. The molecule has 104 valence electrons. The van der Waals surface area contributed by atoms with Crippen LogP contribution in [0.3, 0.4) is 0 Å². The van der Waals surface area contributed by atoms with Crippen molar-refractivity contribution >= 4 is 17.6 Å². The molecule has 0 amide bonds. The zero-order chi connectivity index (χ0) is 14.7. The lowest BCUT2D eigenvalue weighted by atomic mass is 10.0. The molecule has 1 N–H and O–H groups in total. The van der Waals surface area contributed by atoms with Crippen molar-refractivity contribution in [1.29, 1.82) is 0 Å². The van der Waals surface area contributed by atoms with Gasteiger partial charge in [0.25, 0.3) is 0 Å². The molecule has 0 aromatic carbocycles. The summed E-state index contributed by atoms with van der Waals surface area (Å²) in [6.07, 6.45) is 8.57. The Morgan fingerprint density at radius 2 is 1.48 bits per heavy atom. The predicted octanol–water partition coefficient (Wildman–Crippen LogP) is 3.99. The molecule has 5 heteroatoms. The third-order valence-electron chi connectivity index (χ3n) is 3.27. The van der Waals surface area contributed by atoms with E-state index in [9.17, 15) is 0 Å². The van der Waals surface area contributed by atoms with Crippen molar-refractivity contribution in [2.45, 2.75) is 6.92 Å². The van der Waals surface area contributed by atoms with Crippen molar-refractivity contribution in [1.82, 2.24) is 9.97 Å². The number of hydrogen-bond donors (Lipinski definition) is 1. The minimum atomic E-state index is 0.931. The lowest BCUT2D eigenvalue weighted by molar-refractivity contribution is 0.322. The summed E-state index contributed by atoms with van der Waals surface area (Å²) in [6, 6.07) is 7.87. The standard InChI is InChI=1S/C16H13N3OS/c1-11-14(10-19-20)16(13-4-8-18-9-5-13)21-15(11)12-2-6-17-7-3-12/h2-10,20H,1H3/b19-10+. The minimum Gasteiger partial charge on any atom is -0.411 e. The van der Waals surface area contributed by atoms with Gasteiger partial charge in [-0.05, 0) is 47.9 Å². The normalized spacial score (nSPS) is 11.1. The Morgan fingerprint density at radius 1 is 0.952 bits per heavy atom. The van der Waals surface area contributed by atoms with Gasteiger partial charge in [0, 0.05) is 40.1 Å².